The summed E-state index contributed by atoms with van der Waals surface area (Å²) in [5.74, 6) is 2.01. The van der Waals surface area contributed by atoms with Crippen LogP contribution in [0.1, 0.15) is 28.4 Å². The van der Waals surface area contributed by atoms with Crippen LogP contribution in [0.15, 0.2) is 77.3 Å². The van der Waals surface area contributed by atoms with Crippen molar-refractivity contribution >= 4 is 11.6 Å². The number of benzene rings is 3. The van der Waals surface area contributed by atoms with E-state index in [9.17, 15) is 4.79 Å². The van der Waals surface area contributed by atoms with Crippen molar-refractivity contribution in [2.45, 2.75) is 31.3 Å². The minimum absolute atomic E-state index is 0.173. The fraction of sp³-hybridized carbons (Fsp3) is 0.192. The maximum atomic E-state index is 12.7. The van der Waals surface area contributed by atoms with Crippen LogP contribution < -0.4 is 10.1 Å². The standard InChI is InChI=1S/C26H21N3O3/c30-25(23-15-18-8-3-4-11-22(18)31-23)27-21-10-5-9-19(14-21)26-28-24(29-32-26)20-12-16-6-1-2-7-17(16)13-20/h1-11,14,20,23H,12-13,15H2,(H,27,30). The monoisotopic (exact) mass is 423 g/mol. The van der Waals surface area contributed by atoms with Crippen LogP contribution in [0.5, 0.6) is 5.75 Å². The Bertz CT molecular complexity index is 1260. The van der Waals surface area contributed by atoms with E-state index in [-0.39, 0.29) is 11.8 Å². The molecule has 1 N–H and O–H groups in total. The molecular weight excluding hydrogens is 402 g/mol. The van der Waals surface area contributed by atoms with Crippen molar-refractivity contribution in [3.05, 3.63) is 95.3 Å². The Labute approximate surface area is 185 Å². The first kappa shape index (κ1) is 18.8. The smallest absolute Gasteiger partial charge is 0.265 e. The van der Waals surface area contributed by atoms with Crippen molar-refractivity contribution in [2.75, 3.05) is 5.32 Å². The number of hydrogen-bond acceptors (Lipinski definition) is 5. The SMILES string of the molecule is O=C(Nc1cccc(-c2nc(C3Cc4ccccc4C3)no2)c1)C1Cc2ccccc2O1. The van der Waals surface area contributed by atoms with Gasteiger partial charge in [-0.15, -0.1) is 0 Å². The molecule has 4 aromatic rings. The van der Waals surface area contributed by atoms with E-state index in [2.05, 4.69) is 39.7 Å². The van der Waals surface area contributed by atoms with E-state index in [0.717, 1.165) is 35.5 Å². The van der Waals surface area contributed by atoms with E-state index in [4.69, 9.17) is 9.26 Å². The zero-order valence-corrected chi connectivity index (χ0v) is 17.3. The van der Waals surface area contributed by atoms with Crippen molar-refractivity contribution in [1.82, 2.24) is 10.1 Å². The van der Waals surface area contributed by atoms with Gasteiger partial charge in [-0.1, -0.05) is 53.7 Å². The third kappa shape index (κ3) is 3.43. The molecule has 1 amide bonds. The Morgan fingerprint density at radius 1 is 0.875 bits per heavy atom. The molecule has 3 aromatic carbocycles. The number of ether oxygens (including phenoxy) is 1. The molecule has 6 heteroatoms. The number of para-hydroxylation sites is 1. The highest BCUT2D eigenvalue weighted by molar-refractivity contribution is 5.95. The second-order valence-electron chi connectivity index (χ2n) is 8.32. The Kier molecular flexibility index (Phi) is 4.49. The van der Waals surface area contributed by atoms with E-state index in [0.29, 0.717) is 18.0 Å². The maximum Gasteiger partial charge on any atom is 0.265 e. The molecule has 1 aromatic heterocycles. The molecule has 2 heterocycles. The highest BCUT2D eigenvalue weighted by atomic mass is 16.5. The molecule has 2 aliphatic rings. The second kappa shape index (κ2) is 7.64. The molecule has 1 aliphatic carbocycles. The summed E-state index contributed by atoms with van der Waals surface area (Å²) in [6.45, 7) is 0. The molecule has 1 aliphatic heterocycles. The van der Waals surface area contributed by atoms with Gasteiger partial charge in [0.05, 0.1) is 0 Å². The largest absolute Gasteiger partial charge is 0.480 e. The third-order valence-electron chi connectivity index (χ3n) is 6.17. The molecule has 6 nitrogen and oxygen atoms in total. The first-order chi connectivity index (χ1) is 15.7. The predicted octanol–water partition coefficient (Wildman–Crippen LogP) is 4.56. The lowest BCUT2D eigenvalue weighted by atomic mass is 10.1. The van der Waals surface area contributed by atoms with Gasteiger partial charge in [-0.3, -0.25) is 4.79 Å². The third-order valence-corrected chi connectivity index (χ3v) is 6.17. The van der Waals surface area contributed by atoms with Gasteiger partial charge in [-0.2, -0.15) is 4.98 Å². The van der Waals surface area contributed by atoms with Crippen molar-refractivity contribution < 1.29 is 14.1 Å². The summed E-state index contributed by atoms with van der Waals surface area (Å²) >= 11 is 0. The van der Waals surface area contributed by atoms with Crippen molar-refractivity contribution in [3.63, 3.8) is 0 Å². The van der Waals surface area contributed by atoms with Crippen LogP contribution in [-0.4, -0.2) is 22.2 Å². The molecule has 1 unspecified atom stereocenters. The number of aromatic nitrogens is 2. The first-order valence-corrected chi connectivity index (χ1v) is 10.8. The number of hydrogen-bond donors (Lipinski definition) is 1. The van der Waals surface area contributed by atoms with Crippen LogP contribution >= 0.6 is 0 Å². The molecule has 32 heavy (non-hydrogen) atoms. The molecule has 0 bridgehead atoms. The fourth-order valence-corrected chi connectivity index (χ4v) is 4.54. The second-order valence-corrected chi connectivity index (χ2v) is 8.32. The van der Waals surface area contributed by atoms with Gasteiger partial charge in [0.2, 0.25) is 0 Å². The van der Waals surface area contributed by atoms with Crippen molar-refractivity contribution in [3.8, 4) is 17.2 Å². The Morgan fingerprint density at radius 3 is 2.41 bits per heavy atom. The van der Waals surface area contributed by atoms with Crippen LogP contribution in [-0.2, 0) is 24.1 Å². The molecule has 158 valence electrons. The van der Waals surface area contributed by atoms with Gasteiger partial charge in [0.1, 0.15) is 5.75 Å². The summed E-state index contributed by atoms with van der Waals surface area (Å²) < 4.78 is 11.4. The number of carbonyl (C=O) groups is 1. The zero-order valence-electron chi connectivity index (χ0n) is 17.3. The summed E-state index contributed by atoms with van der Waals surface area (Å²) in [4.78, 5) is 17.4. The minimum atomic E-state index is -0.532. The number of fused-ring (bicyclic) bond motifs is 2. The van der Waals surface area contributed by atoms with Gasteiger partial charge >= 0.3 is 0 Å². The topological polar surface area (TPSA) is 77.3 Å². The molecule has 1 atom stereocenters. The van der Waals surface area contributed by atoms with Crippen LogP contribution in [0.2, 0.25) is 0 Å². The summed E-state index contributed by atoms with van der Waals surface area (Å²) in [6, 6.07) is 23.6. The van der Waals surface area contributed by atoms with E-state index < -0.39 is 6.10 Å². The summed E-state index contributed by atoms with van der Waals surface area (Å²) in [6.07, 6.45) is 1.89. The molecule has 0 saturated carbocycles. The van der Waals surface area contributed by atoms with Crippen molar-refractivity contribution in [2.24, 2.45) is 0 Å². The van der Waals surface area contributed by atoms with Crippen LogP contribution in [0.4, 0.5) is 5.69 Å². The molecule has 0 radical (unpaired) electrons. The van der Waals surface area contributed by atoms with Crippen LogP contribution in [0.3, 0.4) is 0 Å². The quantitative estimate of drug-likeness (QED) is 0.521. The molecule has 6 rings (SSSR count). The molecular formula is C26H21N3O3. The minimum Gasteiger partial charge on any atom is -0.480 e. The summed E-state index contributed by atoms with van der Waals surface area (Å²) in [5, 5.41) is 7.19. The first-order valence-electron chi connectivity index (χ1n) is 10.8. The Hall–Kier alpha value is -3.93. The molecule has 0 saturated heterocycles. The highest BCUT2D eigenvalue weighted by Crippen LogP contribution is 2.34. The normalized spacial score (nSPS) is 16.9. The molecule has 0 fully saturated rings. The number of nitrogens with one attached hydrogen (secondary N) is 1. The number of nitrogens with zero attached hydrogens (tertiary/aromatic N) is 2. The van der Waals surface area contributed by atoms with Crippen LogP contribution in [0.25, 0.3) is 11.5 Å². The Balaban J connectivity index is 1.16. The van der Waals surface area contributed by atoms with Gasteiger partial charge in [-0.25, -0.2) is 0 Å². The number of rotatable bonds is 4. The fourth-order valence-electron chi connectivity index (χ4n) is 4.54. The number of anilines is 1. The summed E-state index contributed by atoms with van der Waals surface area (Å²) in [7, 11) is 0. The number of carbonyl (C=O) groups excluding carboxylic acids is 1. The van der Waals surface area contributed by atoms with Gasteiger partial charge in [-0.05, 0) is 53.8 Å². The number of amides is 1. The van der Waals surface area contributed by atoms with E-state index in [1.165, 1.54) is 11.1 Å². The van der Waals surface area contributed by atoms with Gasteiger partial charge in [0.15, 0.2) is 11.9 Å². The lowest BCUT2D eigenvalue weighted by Gasteiger charge is -2.11. The molecule has 0 spiro atoms. The van der Waals surface area contributed by atoms with Crippen molar-refractivity contribution in [1.29, 1.82) is 0 Å². The average Bonchev–Trinajstić information content (AvgIpc) is 3.56. The summed E-state index contributed by atoms with van der Waals surface area (Å²) in [5.41, 5.74) is 5.19. The van der Waals surface area contributed by atoms with E-state index in [1.807, 2.05) is 48.5 Å². The lowest BCUT2D eigenvalue weighted by Crippen LogP contribution is -2.31. The van der Waals surface area contributed by atoms with Crippen LogP contribution in [0, 0.1) is 0 Å². The van der Waals surface area contributed by atoms with Gasteiger partial charge in [0, 0.05) is 23.6 Å². The lowest BCUT2D eigenvalue weighted by molar-refractivity contribution is -0.122. The zero-order chi connectivity index (χ0) is 21.5. The van der Waals surface area contributed by atoms with E-state index in [1.54, 1.807) is 0 Å². The highest BCUT2D eigenvalue weighted by Gasteiger charge is 2.29. The maximum absolute atomic E-state index is 12.7. The van der Waals surface area contributed by atoms with E-state index >= 15 is 0 Å². The van der Waals surface area contributed by atoms with Gasteiger partial charge < -0.3 is 14.6 Å². The predicted molar refractivity (Wildman–Crippen MR) is 120 cm³/mol. The average molecular weight is 423 g/mol. The van der Waals surface area contributed by atoms with Gasteiger partial charge in [0.25, 0.3) is 11.8 Å². The Morgan fingerprint density at radius 2 is 1.62 bits per heavy atom.